The Bertz CT molecular complexity index is 1030. The van der Waals surface area contributed by atoms with Crippen LogP contribution in [-0.4, -0.2) is 21.4 Å². The van der Waals surface area contributed by atoms with Crippen LogP contribution in [0.2, 0.25) is 0 Å². The molecule has 0 spiro atoms. The van der Waals surface area contributed by atoms with E-state index in [0.29, 0.717) is 16.6 Å². The molecule has 2 heterocycles. The fraction of sp³-hybridized carbons (Fsp3) is 0.118. The largest absolute Gasteiger partial charge is 0.416 e. The number of amides is 1. The summed E-state index contributed by atoms with van der Waals surface area (Å²) in [6, 6.07) is 4.98. The van der Waals surface area contributed by atoms with Crippen molar-refractivity contribution in [3.05, 3.63) is 59.5 Å². The number of aliphatic imine (C=N–C) groups is 1. The number of benzene rings is 1. The average Bonchev–Trinajstić information content (AvgIpc) is 2.94. The lowest BCUT2D eigenvalue weighted by Gasteiger charge is -2.10. The lowest BCUT2D eigenvalue weighted by molar-refractivity contribution is -0.137. The van der Waals surface area contributed by atoms with Crippen LogP contribution in [0.15, 0.2) is 47.8 Å². The molecule has 4 N–H and O–H groups in total. The lowest BCUT2D eigenvalue weighted by Crippen LogP contribution is -2.24. The maximum Gasteiger partial charge on any atom is 0.416 e. The zero-order valence-electron chi connectivity index (χ0n) is 13.6. The van der Waals surface area contributed by atoms with Gasteiger partial charge in [0.05, 0.1) is 22.3 Å². The number of alkyl halides is 3. The molecule has 1 amide bonds. The number of hydrogen-bond acceptors (Lipinski definition) is 2. The van der Waals surface area contributed by atoms with Gasteiger partial charge in [-0.05, 0) is 30.7 Å². The second-order valence-electron chi connectivity index (χ2n) is 5.66. The summed E-state index contributed by atoms with van der Waals surface area (Å²) in [5.74, 6) is -0.949. The van der Waals surface area contributed by atoms with E-state index in [-0.39, 0.29) is 17.0 Å². The third-order valence-electron chi connectivity index (χ3n) is 3.81. The second-order valence-corrected chi connectivity index (χ2v) is 5.66. The number of fused-ring (bicyclic) bond motifs is 1. The van der Waals surface area contributed by atoms with Crippen molar-refractivity contribution < 1.29 is 18.0 Å². The van der Waals surface area contributed by atoms with Crippen LogP contribution in [-0.2, 0) is 6.18 Å². The molecular formula is C17H14F3N5O. The summed E-state index contributed by atoms with van der Waals surface area (Å²) >= 11 is 0. The molecule has 2 aromatic heterocycles. The number of rotatable bonds is 2. The minimum absolute atomic E-state index is 0.195. The number of carbonyl (C=O) groups is 1. The van der Waals surface area contributed by atoms with Crippen LogP contribution in [0.5, 0.6) is 0 Å². The molecule has 0 aliphatic heterocycles. The Morgan fingerprint density at radius 3 is 2.58 bits per heavy atom. The van der Waals surface area contributed by atoms with Gasteiger partial charge >= 0.3 is 6.18 Å². The van der Waals surface area contributed by atoms with Crippen LogP contribution in [0.3, 0.4) is 0 Å². The highest BCUT2D eigenvalue weighted by molar-refractivity contribution is 6.03. The molecule has 0 bridgehead atoms. The van der Waals surface area contributed by atoms with Gasteiger partial charge in [0.1, 0.15) is 0 Å². The van der Waals surface area contributed by atoms with Crippen molar-refractivity contribution in [1.29, 1.82) is 0 Å². The number of carbonyl (C=O) groups excluding carboxylic acids is 1. The van der Waals surface area contributed by atoms with Crippen LogP contribution < -0.4 is 11.5 Å². The predicted molar refractivity (Wildman–Crippen MR) is 90.9 cm³/mol. The summed E-state index contributed by atoms with van der Waals surface area (Å²) in [6.07, 6.45) is 0.152. The number of nitrogens with zero attached hydrogens (tertiary/aromatic N) is 3. The van der Waals surface area contributed by atoms with Gasteiger partial charge in [0.2, 0.25) is 0 Å². The van der Waals surface area contributed by atoms with Gasteiger partial charge < -0.3 is 16.0 Å². The quantitative estimate of drug-likeness (QED) is 0.541. The lowest BCUT2D eigenvalue weighted by atomic mass is 10.1. The van der Waals surface area contributed by atoms with Gasteiger partial charge in [0.15, 0.2) is 5.96 Å². The van der Waals surface area contributed by atoms with Gasteiger partial charge in [-0.15, -0.1) is 0 Å². The van der Waals surface area contributed by atoms with Crippen LogP contribution in [0, 0.1) is 6.92 Å². The van der Waals surface area contributed by atoms with Crippen molar-refractivity contribution >= 4 is 22.8 Å². The number of pyridine rings is 1. The minimum Gasteiger partial charge on any atom is -0.370 e. The molecule has 9 heteroatoms. The Morgan fingerprint density at radius 1 is 1.19 bits per heavy atom. The normalized spacial score (nSPS) is 11.5. The Hall–Kier alpha value is -3.36. The third kappa shape index (κ3) is 3.23. The van der Waals surface area contributed by atoms with Gasteiger partial charge in [0, 0.05) is 24.0 Å². The third-order valence-corrected chi connectivity index (χ3v) is 3.81. The van der Waals surface area contributed by atoms with Gasteiger partial charge in [-0.25, -0.2) is 0 Å². The fourth-order valence-corrected chi connectivity index (χ4v) is 2.63. The molecule has 0 aliphatic rings. The molecule has 0 atom stereocenters. The first-order valence-electron chi connectivity index (χ1n) is 7.45. The number of aromatic nitrogens is 2. The topological polar surface area (TPSA) is 99.3 Å². The zero-order valence-corrected chi connectivity index (χ0v) is 13.6. The summed E-state index contributed by atoms with van der Waals surface area (Å²) in [7, 11) is 0. The maximum atomic E-state index is 12.9. The van der Waals surface area contributed by atoms with E-state index < -0.39 is 17.6 Å². The predicted octanol–water partition coefficient (Wildman–Crippen LogP) is 2.77. The van der Waals surface area contributed by atoms with E-state index in [1.165, 1.54) is 18.5 Å². The molecule has 0 radical (unpaired) electrons. The maximum absolute atomic E-state index is 12.9. The fourth-order valence-electron chi connectivity index (χ4n) is 2.63. The van der Waals surface area contributed by atoms with Crippen molar-refractivity contribution in [3.63, 3.8) is 0 Å². The standard InChI is InChI=1S/C17H14F3N5O/c1-9-7-25(8-12(9)15(26)24-16(21)22)14-4-5-23-13-6-10(17(18,19)20)2-3-11(13)14/h2-8H,1H3,(H4,21,22,24,26). The number of nitrogens with two attached hydrogens (primary N) is 2. The van der Waals surface area contributed by atoms with Gasteiger partial charge in [-0.3, -0.25) is 9.78 Å². The molecule has 3 aromatic rings. The summed E-state index contributed by atoms with van der Waals surface area (Å²) in [5, 5.41) is 0.510. The van der Waals surface area contributed by atoms with Crippen molar-refractivity contribution in [2.45, 2.75) is 13.1 Å². The first-order chi connectivity index (χ1) is 12.2. The molecule has 1 aromatic carbocycles. The minimum atomic E-state index is -4.45. The van der Waals surface area contributed by atoms with E-state index in [9.17, 15) is 18.0 Å². The van der Waals surface area contributed by atoms with Gasteiger partial charge in [0.25, 0.3) is 5.91 Å². The number of halogens is 3. The van der Waals surface area contributed by atoms with E-state index in [2.05, 4.69) is 9.98 Å². The van der Waals surface area contributed by atoms with Crippen LogP contribution in [0.25, 0.3) is 16.6 Å². The van der Waals surface area contributed by atoms with E-state index >= 15 is 0 Å². The Morgan fingerprint density at radius 2 is 1.92 bits per heavy atom. The molecule has 3 rings (SSSR count). The Balaban J connectivity index is 2.12. The molecule has 134 valence electrons. The zero-order chi connectivity index (χ0) is 19.1. The molecule has 26 heavy (non-hydrogen) atoms. The Labute approximate surface area is 146 Å². The van der Waals surface area contributed by atoms with E-state index in [4.69, 9.17) is 11.5 Å². The highest BCUT2D eigenvalue weighted by Gasteiger charge is 2.30. The molecule has 6 nitrogen and oxygen atoms in total. The number of aryl methyl sites for hydroxylation is 1. The van der Waals surface area contributed by atoms with E-state index in [0.717, 1.165) is 12.1 Å². The van der Waals surface area contributed by atoms with Crippen LogP contribution in [0.4, 0.5) is 13.2 Å². The van der Waals surface area contributed by atoms with Crippen LogP contribution >= 0.6 is 0 Å². The molecular weight excluding hydrogens is 347 g/mol. The summed E-state index contributed by atoms with van der Waals surface area (Å²) in [4.78, 5) is 19.6. The van der Waals surface area contributed by atoms with Gasteiger partial charge in [-0.2, -0.15) is 18.2 Å². The summed E-state index contributed by atoms with van der Waals surface area (Å²) < 4.78 is 40.3. The molecule has 0 saturated heterocycles. The first-order valence-corrected chi connectivity index (χ1v) is 7.45. The average molecular weight is 361 g/mol. The monoisotopic (exact) mass is 361 g/mol. The van der Waals surface area contributed by atoms with Crippen molar-refractivity contribution in [3.8, 4) is 5.69 Å². The van der Waals surface area contributed by atoms with Crippen molar-refractivity contribution in [2.24, 2.45) is 16.5 Å². The summed E-state index contributed by atoms with van der Waals surface area (Å²) in [5.41, 5.74) is 11.4. The number of hydrogen-bond donors (Lipinski definition) is 2. The highest BCUT2D eigenvalue weighted by Crippen LogP contribution is 2.32. The van der Waals surface area contributed by atoms with E-state index in [1.807, 2.05) is 0 Å². The smallest absolute Gasteiger partial charge is 0.370 e. The van der Waals surface area contributed by atoms with Gasteiger partial charge in [-0.1, -0.05) is 6.07 Å². The summed E-state index contributed by atoms with van der Waals surface area (Å²) in [6.45, 7) is 1.71. The van der Waals surface area contributed by atoms with E-state index in [1.54, 1.807) is 23.8 Å². The SMILES string of the molecule is Cc1cn(-c2ccnc3cc(C(F)(F)F)ccc23)cc1C(=O)N=C(N)N. The number of guanidine groups is 1. The molecule has 0 fully saturated rings. The first kappa shape index (κ1) is 17.5. The molecule has 0 unspecified atom stereocenters. The van der Waals surface area contributed by atoms with Crippen molar-refractivity contribution in [1.82, 2.24) is 9.55 Å². The molecule has 0 saturated carbocycles. The Kier molecular flexibility index (Phi) is 4.15. The van der Waals surface area contributed by atoms with Crippen molar-refractivity contribution in [2.75, 3.05) is 0 Å². The second kappa shape index (κ2) is 6.17. The highest BCUT2D eigenvalue weighted by atomic mass is 19.4. The van der Waals surface area contributed by atoms with Crippen LogP contribution in [0.1, 0.15) is 21.5 Å². The molecule has 0 aliphatic carbocycles.